The van der Waals surface area contributed by atoms with E-state index in [4.69, 9.17) is 9.84 Å². The lowest BCUT2D eigenvalue weighted by Crippen LogP contribution is -2.06. The SMILES string of the molecule is Cc1cc(Oc2cccc(CO)c2)c(C(=O)O)c(C)n1. The van der Waals surface area contributed by atoms with Crippen LogP contribution in [-0.2, 0) is 6.61 Å². The smallest absolute Gasteiger partial charge is 0.341 e. The molecule has 2 rings (SSSR count). The van der Waals surface area contributed by atoms with Gasteiger partial charge in [0.05, 0.1) is 12.3 Å². The van der Waals surface area contributed by atoms with Crippen LogP contribution in [0.1, 0.15) is 27.3 Å². The van der Waals surface area contributed by atoms with Crippen molar-refractivity contribution in [3.63, 3.8) is 0 Å². The van der Waals surface area contributed by atoms with E-state index in [0.29, 0.717) is 22.7 Å². The van der Waals surface area contributed by atoms with Gasteiger partial charge in [0.2, 0.25) is 0 Å². The Labute approximate surface area is 116 Å². The molecule has 0 aliphatic rings. The first-order valence-corrected chi connectivity index (χ1v) is 6.10. The van der Waals surface area contributed by atoms with Gasteiger partial charge in [0.1, 0.15) is 17.1 Å². The third-order valence-electron chi connectivity index (χ3n) is 2.81. The minimum atomic E-state index is -1.08. The van der Waals surface area contributed by atoms with Crippen molar-refractivity contribution in [3.05, 3.63) is 52.8 Å². The molecule has 0 fully saturated rings. The van der Waals surface area contributed by atoms with E-state index in [0.717, 1.165) is 0 Å². The molecule has 0 atom stereocenters. The number of aliphatic hydroxyl groups is 1. The molecule has 5 heteroatoms. The fraction of sp³-hybridized carbons (Fsp3) is 0.200. The Morgan fingerprint density at radius 1 is 1.30 bits per heavy atom. The summed E-state index contributed by atoms with van der Waals surface area (Å²) in [5.74, 6) is -0.357. The molecule has 0 amide bonds. The molecule has 0 radical (unpaired) electrons. The van der Waals surface area contributed by atoms with Crippen LogP contribution >= 0.6 is 0 Å². The molecule has 0 spiro atoms. The molecule has 2 aromatic rings. The van der Waals surface area contributed by atoms with Crippen molar-refractivity contribution in [2.45, 2.75) is 20.5 Å². The Morgan fingerprint density at radius 3 is 2.70 bits per heavy atom. The number of carboxylic acid groups (broad SMARTS) is 1. The van der Waals surface area contributed by atoms with Crippen LogP contribution in [-0.4, -0.2) is 21.2 Å². The van der Waals surface area contributed by atoms with E-state index in [1.165, 1.54) is 0 Å². The average Bonchev–Trinajstić information content (AvgIpc) is 2.37. The van der Waals surface area contributed by atoms with Gasteiger partial charge in [0.15, 0.2) is 0 Å². The molecule has 0 saturated heterocycles. The summed E-state index contributed by atoms with van der Waals surface area (Å²) in [4.78, 5) is 15.4. The molecule has 0 unspecified atom stereocenters. The number of aryl methyl sites for hydroxylation is 2. The highest BCUT2D eigenvalue weighted by molar-refractivity contribution is 5.92. The predicted molar refractivity (Wildman–Crippen MR) is 73.1 cm³/mol. The van der Waals surface area contributed by atoms with Crippen LogP contribution < -0.4 is 4.74 Å². The van der Waals surface area contributed by atoms with Crippen LogP contribution in [0.4, 0.5) is 0 Å². The molecular weight excluding hydrogens is 258 g/mol. The zero-order valence-electron chi connectivity index (χ0n) is 11.3. The van der Waals surface area contributed by atoms with Crippen LogP contribution in [0.25, 0.3) is 0 Å². The second kappa shape index (κ2) is 5.71. The summed E-state index contributed by atoms with van der Waals surface area (Å²) < 4.78 is 5.64. The summed E-state index contributed by atoms with van der Waals surface area (Å²) in [6, 6.07) is 8.45. The molecule has 0 bridgehead atoms. The third kappa shape index (κ3) is 2.95. The lowest BCUT2D eigenvalue weighted by molar-refractivity contribution is 0.0692. The van der Waals surface area contributed by atoms with Gasteiger partial charge in [-0.05, 0) is 31.5 Å². The van der Waals surface area contributed by atoms with Crippen molar-refractivity contribution >= 4 is 5.97 Å². The van der Waals surface area contributed by atoms with Crippen molar-refractivity contribution < 1.29 is 19.7 Å². The number of ether oxygens (including phenoxy) is 1. The van der Waals surface area contributed by atoms with Crippen LogP contribution in [0, 0.1) is 13.8 Å². The molecule has 1 aromatic carbocycles. The van der Waals surface area contributed by atoms with Gasteiger partial charge in [0, 0.05) is 11.8 Å². The van der Waals surface area contributed by atoms with Crippen LogP contribution in [0.2, 0.25) is 0 Å². The molecule has 0 aliphatic carbocycles. The number of aromatic carboxylic acids is 1. The van der Waals surface area contributed by atoms with Gasteiger partial charge < -0.3 is 14.9 Å². The molecule has 2 N–H and O–H groups in total. The number of carboxylic acids is 1. The number of aromatic nitrogens is 1. The average molecular weight is 273 g/mol. The Balaban J connectivity index is 2.44. The topological polar surface area (TPSA) is 79.7 Å². The molecule has 1 heterocycles. The van der Waals surface area contributed by atoms with Crippen molar-refractivity contribution in [2.75, 3.05) is 0 Å². The summed E-state index contributed by atoms with van der Waals surface area (Å²) >= 11 is 0. The number of aliphatic hydroxyl groups excluding tert-OH is 1. The van der Waals surface area contributed by atoms with Gasteiger partial charge in [0.25, 0.3) is 0 Å². The van der Waals surface area contributed by atoms with Gasteiger partial charge >= 0.3 is 5.97 Å². The van der Waals surface area contributed by atoms with Crippen LogP contribution in [0.15, 0.2) is 30.3 Å². The molecule has 0 aliphatic heterocycles. The lowest BCUT2D eigenvalue weighted by atomic mass is 10.1. The molecule has 20 heavy (non-hydrogen) atoms. The molecule has 1 aromatic heterocycles. The Bertz CT molecular complexity index is 652. The Hall–Kier alpha value is -2.40. The highest BCUT2D eigenvalue weighted by Crippen LogP contribution is 2.28. The van der Waals surface area contributed by atoms with Crippen molar-refractivity contribution in [2.24, 2.45) is 0 Å². The number of benzene rings is 1. The number of rotatable bonds is 4. The quantitative estimate of drug-likeness (QED) is 0.895. The minimum absolute atomic E-state index is 0.0463. The van der Waals surface area contributed by atoms with Gasteiger partial charge in [-0.1, -0.05) is 12.1 Å². The van der Waals surface area contributed by atoms with Crippen molar-refractivity contribution in [1.82, 2.24) is 4.98 Å². The first-order chi connectivity index (χ1) is 9.51. The maximum Gasteiger partial charge on any atom is 0.341 e. The van der Waals surface area contributed by atoms with Gasteiger partial charge in [-0.15, -0.1) is 0 Å². The van der Waals surface area contributed by atoms with E-state index < -0.39 is 5.97 Å². The lowest BCUT2D eigenvalue weighted by Gasteiger charge is -2.12. The fourth-order valence-corrected chi connectivity index (χ4v) is 1.97. The summed E-state index contributed by atoms with van der Waals surface area (Å²) in [6.45, 7) is 3.31. The van der Waals surface area contributed by atoms with E-state index in [9.17, 15) is 9.90 Å². The molecule has 104 valence electrons. The van der Waals surface area contributed by atoms with Crippen molar-refractivity contribution in [1.29, 1.82) is 0 Å². The zero-order valence-corrected chi connectivity index (χ0v) is 11.3. The highest BCUT2D eigenvalue weighted by Gasteiger charge is 2.17. The monoisotopic (exact) mass is 273 g/mol. The van der Waals surface area contributed by atoms with E-state index >= 15 is 0 Å². The summed E-state index contributed by atoms with van der Waals surface area (Å²) in [5, 5.41) is 18.4. The number of hydrogen-bond donors (Lipinski definition) is 2. The first kappa shape index (κ1) is 14.0. The van der Waals surface area contributed by atoms with Crippen LogP contribution in [0.3, 0.4) is 0 Å². The Kier molecular flexibility index (Phi) is 4.00. The van der Waals surface area contributed by atoms with E-state index in [-0.39, 0.29) is 17.9 Å². The highest BCUT2D eigenvalue weighted by atomic mass is 16.5. The van der Waals surface area contributed by atoms with Gasteiger partial charge in [-0.2, -0.15) is 0 Å². The first-order valence-electron chi connectivity index (χ1n) is 6.10. The number of hydrogen-bond acceptors (Lipinski definition) is 4. The number of carbonyl (C=O) groups is 1. The maximum atomic E-state index is 11.3. The normalized spacial score (nSPS) is 10.3. The summed E-state index contributed by atoms with van der Waals surface area (Å²) in [5.41, 5.74) is 1.83. The Morgan fingerprint density at radius 2 is 2.05 bits per heavy atom. The summed E-state index contributed by atoms with van der Waals surface area (Å²) in [7, 11) is 0. The summed E-state index contributed by atoms with van der Waals surface area (Å²) in [6.07, 6.45) is 0. The largest absolute Gasteiger partial charge is 0.477 e. The second-order valence-corrected chi connectivity index (χ2v) is 4.43. The molecular formula is C15H15NO4. The third-order valence-corrected chi connectivity index (χ3v) is 2.81. The number of nitrogens with zero attached hydrogens (tertiary/aromatic N) is 1. The number of pyridine rings is 1. The minimum Gasteiger partial charge on any atom is -0.477 e. The molecule has 5 nitrogen and oxygen atoms in total. The predicted octanol–water partition coefficient (Wildman–Crippen LogP) is 2.68. The molecule has 0 saturated carbocycles. The van der Waals surface area contributed by atoms with E-state index in [1.807, 2.05) is 0 Å². The zero-order chi connectivity index (χ0) is 14.7. The van der Waals surface area contributed by atoms with E-state index in [1.54, 1.807) is 44.2 Å². The van der Waals surface area contributed by atoms with E-state index in [2.05, 4.69) is 4.98 Å². The van der Waals surface area contributed by atoms with Gasteiger partial charge in [-0.25, -0.2) is 4.79 Å². The standard InChI is InChI=1S/C15H15NO4/c1-9-6-13(14(15(18)19)10(2)16-9)20-12-5-3-4-11(7-12)8-17/h3-7,17H,8H2,1-2H3,(H,18,19). The van der Waals surface area contributed by atoms with Crippen LogP contribution in [0.5, 0.6) is 11.5 Å². The van der Waals surface area contributed by atoms with Gasteiger partial charge in [-0.3, -0.25) is 4.98 Å². The fourth-order valence-electron chi connectivity index (χ4n) is 1.97. The maximum absolute atomic E-state index is 11.3. The second-order valence-electron chi connectivity index (χ2n) is 4.43. The van der Waals surface area contributed by atoms with Crippen molar-refractivity contribution in [3.8, 4) is 11.5 Å².